The largest absolute Gasteiger partial charge is 0.481 e. The van der Waals surface area contributed by atoms with E-state index in [9.17, 15) is 4.79 Å². The van der Waals surface area contributed by atoms with E-state index in [4.69, 9.17) is 15.3 Å². The Morgan fingerprint density at radius 3 is 0.830 bits per heavy atom. The third-order valence-electron chi connectivity index (χ3n) is 9.65. The maximum absolute atomic E-state index is 10.3. The first kappa shape index (κ1) is 48.5. The molecule has 0 radical (unpaired) electrons. The summed E-state index contributed by atoms with van der Waals surface area (Å²) in [5.74, 6) is -0.657. The van der Waals surface area contributed by atoms with E-state index in [1.807, 2.05) is 0 Å². The molecule has 0 saturated heterocycles. The topological polar surface area (TPSA) is 81.0 Å². The lowest BCUT2D eigenvalue weighted by atomic mass is 10.0. The van der Waals surface area contributed by atoms with Crippen LogP contribution in [0.1, 0.15) is 232 Å². The molecule has 284 valence electrons. The van der Waals surface area contributed by atoms with Crippen molar-refractivity contribution < 1.29 is 20.1 Å². The van der Waals surface area contributed by atoms with Crippen molar-refractivity contribution in [3.8, 4) is 0 Å². The molecule has 0 aliphatic carbocycles. The van der Waals surface area contributed by atoms with E-state index >= 15 is 0 Å². The fraction of sp³-hybridized carbons (Fsp3) is 0.976. The van der Waals surface area contributed by atoms with Gasteiger partial charge in [0, 0.05) is 19.5 Å². The van der Waals surface area contributed by atoms with E-state index in [2.05, 4.69) is 18.7 Å². The average Bonchev–Trinajstić information content (AvgIpc) is 3.06. The van der Waals surface area contributed by atoms with Gasteiger partial charge in [0.05, 0.1) is 13.2 Å². The summed E-state index contributed by atoms with van der Waals surface area (Å²) in [5, 5.41) is 26.5. The van der Waals surface area contributed by atoms with Gasteiger partial charge in [0.1, 0.15) is 0 Å². The van der Waals surface area contributed by atoms with E-state index in [1.54, 1.807) is 0 Å². The van der Waals surface area contributed by atoms with Gasteiger partial charge in [-0.25, -0.2) is 0 Å². The van der Waals surface area contributed by atoms with Crippen LogP contribution in [0, 0.1) is 0 Å². The van der Waals surface area contributed by atoms with Gasteiger partial charge in [0.2, 0.25) is 0 Å². The Hall–Kier alpha value is -0.650. The van der Waals surface area contributed by atoms with Crippen molar-refractivity contribution in [2.24, 2.45) is 0 Å². The molecule has 0 spiro atoms. The summed E-state index contributed by atoms with van der Waals surface area (Å²) < 4.78 is 0. The van der Waals surface area contributed by atoms with Crippen LogP contribution in [0.2, 0.25) is 0 Å². The highest BCUT2D eigenvalue weighted by atomic mass is 16.4. The van der Waals surface area contributed by atoms with Crippen LogP contribution in [-0.4, -0.2) is 59.0 Å². The Bertz CT molecular complexity index is 553. The van der Waals surface area contributed by atoms with Crippen molar-refractivity contribution in [2.45, 2.75) is 232 Å². The second-order valence-electron chi connectivity index (χ2n) is 14.4. The van der Waals surface area contributed by atoms with Gasteiger partial charge in [-0.05, 0) is 19.4 Å². The maximum atomic E-state index is 10.3. The lowest BCUT2D eigenvalue weighted by Gasteiger charge is -2.19. The first-order valence-corrected chi connectivity index (χ1v) is 21.3. The molecule has 0 bridgehead atoms. The molecule has 3 N–H and O–H groups in total. The standard InChI is InChI=1S/C28H59NO2.C14H28O2/c1-2-3-4-5-6-7-8-9-10-11-12-13-14-15-16-17-18-19-20-21-22-23-24-29(25-27-30)26-28-31;1-2-3-4-5-6-7-8-9-10-11-12-13-14(15)16/h30-31H,2-28H2,1H3;2-13H2,1H3,(H,15,16). The lowest BCUT2D eigenvalue weighted by Crippen LogP contribution is -2.30. The Balaban J connectivity index is 0. The Morgan fingerprint density at radius 2 is 0.596 bits per heavy atom. The zero-order chi connectivity index (χ0) is 34.7. The second kappa shape index (κ2) is 45.3. The van der Waals surface area contributed by atoms with Crippen LogP contribution in [0.5, 0.6) is 0 Å². The SMILES string of the molecule is CCCCCCCCCCCCCC(=O)O.CCCCCCCCCCCCCCCCCCCCCCCCN(CCO)CCO. The van der Waals surface area contributed by atoms with E-state index < -0.39 is 5.97 Å². The van der Waals surface area contributed by atoms with Gasteiger partial charge < -0.3 is 15.3 Å². The molecule has 0 atom stereocenters. The van der Waals surface area contributed by atoms with E-state index in [-0.39, 0.29) is 13.2 Å². The summed E-state index contributed by atoms with van der Waals surface area (Å²) in [5.41, 5.74) is 0. The van der Waals surface area contributed by atoms with Gasteiger partial charge in [-0.15, -0.1) is 0 Å². The number of aliphatic carboxylic acids is 1. The van der Waals surface area contributed by atoms with Crippen molar-refractivity contribution in [3.63, 3.8) is 0 Å². The smallest absolute Gasteiger partial charge is 0.303 e. The van der Waals surface area contributed by atoms with Crippen molar-refractivity contribution in [1.29, 1.82) is 0 Å². The van der Waals surface area contributed by atoms with Gasteiger partial charge >= 0.3 is 5.97 Å². The monoisotopic (exact) mass is 670 g/mol. The minimum Gasteiger partial charge on any atom is -0.481 e. The molecule has 0 unspecified atom stereocenters. The van der Waals surface area contributed by atoms with E-state index in [0.717, 1.165) is 19.4 Å². The Kier molecular flexibility index (Phi) is 46.8. The number of hydrogen-bond donors (Lipinski definition) is 3. The summed E-state index contributed by atoms with van der Waals surface area (Å²) in [4.78, 5) is 12.4. The minimum absolute atomic E-state index is 0.194. The molecule has 0 aliphatic heterocycles. The highest BCUT2D eigenvalue weighted by molar-refractivity contribution is 5.66. The molecule has 47 heavy (non-hydrogen) atoms. The predicted molar refractivity (Wildman–Crippen MR) is 207 cm³/mol. The molecule has 0 saturated carbocycles. The molecule has 5 heteroatoms. The fourth-order valence-corrected chi connectivity index (χ4v) is 6.50. The molecule has 0 aromatic carbocycles. The fourth-order valence-electron chi connectivity index (χ4n) is 6.50. The third kappa shape index (κ3) is 47.5. The molecule has 0 aromatic rings. The Morgan fingerprint density at radius 1 is 0.362 bits per heavy atom. The number of aliphatic hydroxyl groups excluding tert-OH is 2. The number of carboxylic acid groups (broad SMARTS) is 1. The van der Waals surface area contributed by atoms with Crippen LogP contribution < -0.4 is 0 Å². The highest BCUT2D eigenvalue weighted by Crippen LogP contribution is 2.16. The molecule has 0 amide bonds. The minimum atomic E-state index is -0.657. The van der Waals surface area contributed by atoms with Gasteiger partial charge in [0.25, 0.3) is 0 Å². The molecule has 5 nitrogen and oxygen atoms in total. The summed E-state index contributed by atoms with van der Waals surface area (Å²) in [6, 6.07) is 0. The summed E-state index contributed by atoms with van der Waals surface area (Å²) in [7, 11) is 0. The maximum Gasteiger partial charge on any atom is 0.303 e. The van der Waals surface area contributed by atoms with E-state index in [0.29, 0.717) is 19.5 Å². The van der Waals surface area contributed by atoms with Crippen molar-refractivity contribution in [3.05, 3.63) is 0 Å². The number of carbonyl (C=O) groups is 1. The number of nitrogens with zero attached hydrogens (tertiary/aromatic N) is 1. The van der Waals surface area contributed by atoms with Gasteiger partial charge in [-0.3, -0.25) is 9.69 Å². The van der Waals surface area contributed by atoms with Crippen molar-refractivity contribution >= 4 is 5.97 Å². The van der Waals surface area contributed by atoms with Gasteiger partial charge in [0.15, 0.2) is 0 Å². The number of rotatable bonds is 39. The zero-order valence-electron chi connectivity index (χ0n) is 32.3. The molecule has 0 aliphatic rings. The normalized spacial score (nSPS) is 11.3. The molecular weight excluding hydrogens is 582 g/mol. The summed E-state index contributed by atoms with van der Waals surface area (Å²) in [6.45, 7) is 7.33. The van der Waals surface area contributed by atoms with Crippen molar-refractivity contribution in [1.82, 2.24) is 4.90 Å². The number of aliphatic hydroxyl groups is 2. The van der Waals surface area contributed by atoms with Crippen LogP contribution in [0.15, 0.2) is 0 Å². The van der Waals surface area contributed by atoms with Crippen LogP contribution in [0.4, 0.5) is 0 Å². The number of carboxylic acids is 1. The first-order valence-electron chi connectivity index (χ1n) is 21.3. The second-order valence-corrected chi connectivity index (χ2v) is 14.4. The van der Waals surface area contributed by atoms with Crippen LogP contribution in [0.3, 0.4) is 0 Å². The first-order chi connectivity index (χ1) is 23.1. The van der Waals surface area contributed by atoms with Gasteiger partial charge in [-0.2, -0.15) is 0 Å². The third-order valence-corrected chi connectivity index (χ3v) is 9.65. The average molecular weight is 670 g/mol. The van der Waals surface area contributed by atoms with Crippen LogP contribution in [0.25, 0.3) is 0 Å². The zero-order valence-corrected chi connectivity index (χ0v) is 32.3. The molecule has 0 rings (SSSR count). The van der Waals surface area contributed by atoms with Crippen LogP contribution >= 0.6 is 0 Å². The number of hydrogen-bond acceptors (Lipinski definition) is 4. The lowest BCUT2D eigenvalue weighted by molar-refractivity contribution is -0.137. The summed E-state index contributed by atoms with van der Waals surface area (Å²) >= 11 is 0. The number of unbranched alkanes of at least 4 members (excludes halogenated alkanes) is 31. The highest BCUT2D eigenvalue weighted by Gasteiger charge is 2.03. The molecule has 0 aromatic heterocycles. The van der Waals surface area contributed by atoms with Gasteiger partial charge in [-0.1, -0.05) is 213 Å². The molecular formula is C42H87NO4. The quantitative estimate of drug-likeness (QED) is 0.0567. The van der Waals surface area contributed by atoms with Crippen LogP contribution in [-0.2, 0) is 4.79 Å². The van der Waals surface area contributed by atoms with Crippen molar-refractivity contribution in [2.75, 3.05) is 32.8 Å². The van der Waals surface area contributed by atoms with E-state index in [1.165, 1.54) is 199 Å². The Labute approximate surface area is 295 Å². The summed E-state index contributed by atoms with van der Waals surface area (Å²) in [6.07, 6.45) is 45.6. The molecule has 0 fully saturated rings. The predicted octanol–water partition coefficient (Wildman–Crippen LogP) is 12.6. The molecule has 0 heterocycles.